The molecule has 76 valence electrons. The van der Waals surface area contributed by atoms with Gasteiger partial charge in [-0.15, -0.1) is 0 Å². The lowest BCUT2D eigenvalue weighted by Gasteiger charge is -2.12. The van der Waals surface area contributed by atoms with Gasteiger partial charge in [0.1, 0.15) is 25.2 Å². The summed E-state index contributed by atoms with van der Waals surface area (Å²) in [5, 5.41) is 0. The quantitative estimate of drug-likeness (QED) is 0.503. The lowest BCUT2D eigenvalue weighted by Crippen LogP contribution is -1.92. The molecule has 0 spiro atoms. The average Bonchev–Trinajstić information content (AvgIpc) is 2.12. The van der Waals surface area contributed by atoms with Crippen molar-refractivity contribution < 1.29 is 26.9 Å². The minimum Gasteiger partial charge on any atom is -0.401 e. The van der Waals surface area contributed by atoms with Gasteiger partial charge in [-0.1, -0.05) is 0 Å². The first-order valence-corrected chi connectivity index (χ1v) is 4.76. The zero-order valence-corrected chi connectivity index (χ0v) is 7.75. The molecule has 0 bridgehead atoms. The highest BCUT2D eigenvalue weighted by Gasteiger charge is 2.26. The van der Waals surface area contributed by atoms with E-state index in [2.05, 4.69) is 13.6 Å². The van der Waals surface area contributed by atoms with Crippen molar-refractivity contribution in [3.63, 3.8) is 0 Å². The normalized spacial score (nSPS) is 16.2. The molecule has 0 unspecified atom stereocenters. The van der Waals surface area contributed by atoms with Crippen molar-refractivity contribution in [2.75, 3.05) is 6.61 Å². The molecular formula is C6H9F2O4P. The van der Waals surface area contributed by atoms with Crippen LogP contribution < -0.4 is 0 Å². The molecule has 0 aliphatic heterocycles. The van der Waals surface area contributed by atoms with Crippen molar-refractivity contribution in [1.29, 1.82) is 0 Å². The minimum absolute atomic E-state index is 0.00812. The third-order valence-electron chi connectivity index (χ3n) is 0.770. The molecule has 13 heavy (non-hydrogen) atoms. The number of rotatable bonds is 6. The molecule has 0 aliphatic rings. The van der Waals surface area contributed by atoms with Crippen LogP contribution in [0.1, 0.15) is 6.92 Å². The highest BCUT2D eigenvalue weighted by atomic mass is 31.2. The smallest absolute Gasteiger partial charge is 0.401 e. The fourth-order valence-electron chi connectivity index (χ4n) is 0.439. The van der Waals surface area contributed by atoms with Crippen LogP contribution in [0.2, 0.25) is 0 Å². The summed E-state index contributed by atoms with van der Waals surface area (Å²) in [6, 6.07) is 0. The van der Waals surface area contributed by atoms with E-state index in [-0.39, 0.29) is 19.3 Å². The Morgan fingerprint density at radius 3 is 2.00 bits per heavy atom. The number of hydrogen-bond acceptors (Lipinski definition) is 4. The molecule has 0 rings (SSSR count). The predicted octanol–water partition coefficient (Wildman–Crippen LogP) is 3.05. The third kappa shape index (κ3) is 5.38. The second kappa shape index (κ2) is 6.62. The van der Waals surface area contributed by atoms with Crippen molar-refractivity contribution >= 4 is 7.82 Å². The van der Waals surface area contributed by atoms with Crippen LogP contribution in [0.5, 0.6) is 0 Å². The van der Waals surface area contributed by atoms with E-state index in [0.29, 0.717) is 12.5 Å². The molecule has 0 aromatic heterocycles. The van der Waals surface area contributed by atoms with E-state index in [9.17, 15) is 13.3 Å². The summed E-state index contributed by atoms with van der Waals surface area (Å²) < 4.78 is 47.2. The summed E-state index contributed by atoms with van der Waals surface area (Å²) in [4.78, 5) is 0. The Morgan fingerprint density at radius 1 is 1.23 bits per heavy atom. The van der Waals surface area contributed by atoms with Gasteiger partial charge in [0.2, 0.25) is 0 Å². The summed E-state index contributed by atoms with van der Waals surface area (Å²) in [5.74, 6) is 0. The van der Waals surface area contributed by atoms with Gasteiger partial charge in [0.25, 0.3) is 0 Å². The predicted molar refractivity (Wildman–Crippen MR) is 41.9 cm³/mol. The van der Waals surface area contributed by atoms with Gasteiger partial charge < -0.3 is 9.05 Å². The molecule has 0 aromatic rings. The third-order valence-corrected chi connectivity index (χ3v) is 2.10. The fraction of sp³-hybridized carbons (Fsp3) is 0.333. The fourth-order valence-corrected chi connectivity index (χ4v) is 1.32. The minimum atomic E-state index is -3.91. The van der Waals surface area contributed by atoms with E-state index in [1.54, 1.807) is 0 Å². The molecule has 0 aliphatic carbocycles. The van der Waals surface area contributed by atoms with Crippen LogP contribution in [0.3, 0.4) is 0 Å². The maximum absolute atomic E-state index is 11.5. The Bertz CT molecular complexity index is 211. The Morgan fingerprint density at radius 2 is 1.69 bits per heavy atom. The van der Waals surface area contributed by atoms with Crippen LogP contribution in [0.15, 0.2) is 25.2 Å². The molecule has 7 heteroatoms. The van der Waals surface area contributed by atoms with E-state index >= 15 is 0 Å². The first kappa shape index (κ1) is 12.1. The first-order valence-electron chi connectivity index (χ1n) is 3.30. The SMILES string of the molecule is CCOP(=O)(OC=CF)OC=CF. The van der Waals surface area contributed by atoms with Crippen molar-refractivity contribution in [2.45, 2.75) is 6.92 Å². The molecule has 0 amide bonds. The lowest BCUT2D eigenvalue weighted by molar-refractivity contribution is 0.184. The van der Waals surface area contributed by atoms with Crippen molar-refractivity contribution in [2.24, 2.45) is 0 Å². The average molecular weight is 214 g/mol. The molecule has 0 heterocycles. The largest absolute Gasteiger partial charge is 0.586 e. The second-order valence-electron chi connectivity index (χ2n) is 1.60. The Balaban J connectivity index is 4.24. The van der Waals surface area contributed by atoms with Gasteiger partial charge in [0.05, 0.1) is 6.61 Å². The number of phosphoric acid groups is 1. The molecule has 4 nitrogen and oxygen atoms in total. The van der Waals surface area contributed by atoms with Gasteiger partial charge in [-0.05, 0) is 6.92 Å². The molecule has 0 aromatic carbocycles. The van der Waals surface area contributed by atoms with E-state index in [4.69, 9.17) is 0 Å². The standard InChI is InChI=1S/C6H9F2O4P/c1-2-10-13(9,11-5-3-7)12-6-4-8/h3-6H,2H2,1H3. The summed E-state index contributed by atoms with van der Waals surface area (Å²) in [5.41, 5.74) is 0. The Labute approximate surface area is 74.4 Å². The summed E-state index contributed by atoms with van der Waals surface area (Å²) in [6.07, 6.45) is 0.993. The highest BCUT2D eigenvalue weighted by Crippen LogP contribution is 2.49. The van der Waals surface area contributed by atoms with Crippen molar-refractivity contribution in [1.82, 2.24) is 0 Å². The summed E-state index contributed by atoms with van der Waals surface area (Å²) >= 11 is 0. The second-order valence-corrected chi connectivity index (χ2v) is 3.17. The van der Waals surface area contributed by atoms with Crippen LogP contribution in [0, 0.1) is 0 Å². The van der Waals surface area contributed by atoms with E-state index in [1.807, 2.05) is 0 Å². The van der Waals surface area contributed by atoms with E-state index in [0.717, 1.165) is 0 Å². The van der Waals surface area contributed by atoms with Crippen LogP contribution >= 0.6 is 7.82 Å². The van der Waals surface area contributed by atoms with Gasteiger partial charge in [-0.3, -0.25) is 4.52 Å². The Kier molecular flexibility index (Phi) is 6.18. The zero-order chi connectivity index (χ0) is 10.2. The zero-order valence-electron chi connectivity index (χ0n) is 6.85. The van der Waals surface area contributed by atoms with Gasteiger partial charge in [-0.25, -0.2) is 13.3 Å². The number of hydrogen-bond donors (Lipinski definition) is 0. The molecular weight excluding hydrogens is 205 g/mol. The van der Waals surface area contributed by atoms with E-state index < -0.39 is 7.82 Å². The molecule has 0 atom stereocenters. The van der Waals surface area contributed by atoms with Crippen LogP contribution in [-0.2, 0) is 18.1 Å². The van der Waals surface area contributed by atoms with E-state index in [1.165, 1.54) is 6.92 Å². The molecule has 0 radical (unpaired) electrons. The lowest BCUT2D eigenvalue weighted by atomic mass is 10.9. The summed E-state index contributed by atoms with van der Waals surface area (Å²) in [7, 11) is -3.91. The highest BCUT2D eigenvalue weighted by molar-refractivity contribution is 7.48. The number of halogens is 2. The van der Waals surface area contributed by atoms with Gasteiger partial charge in [0.15, 0.2) is 0 Å². The van der Waals surface area contributed by atoms with Crippen molar-refractivity contribution in [3.05, 3.63) is 25.2 Å². The van der Waals surface area contributed by atoms with Crippen molar-refractivity contribution in [3.8, 4) is 0 Å². The maximum atomic E-state index is 11.5. The topological polar surface area (TPSA) is 44.8 Å². The van der Waals surface area contributed by atoms with Crippen LogP contribution in [-0.4, -0.2) is 6.61 Å². The first-order chi connectivity index (χ1) is 6.18. The van der Waals surface area contributed by atoms with Crippen LogP contribution in [0.25, 0.3) is 0 Å². The van der Waals surface area contributed by atoms with Gasteiger partial charge in [-0.2, -0.15) is 0 Å². The van der Waals surface area contributed by atoms with Crippen LogP contribution in [0.4, 0.5) is 8.78 Å². The summed E-state index contributed by atoms with van der Waals surface area (Å²) in [6.45, 7) is 1.55. The molecule has 0 saturated heterocycles. The van der Waals surface area contributed by atoms with Gasteiger partial charge >= 0.3 is 7.82 Å². The maximum Gasteiger partial charge on any atom is 0.586 e. The van der Waals surface area contributed by atoms with Gasteiger partial charge in [0, 0.05) is 0 Å². The molecule has 0 saturated carbocycles. The molecule has 0 N–H and O–H groups in total. The number of phosphoric ester groups is 1. The monoisotopic (exact) mass is 214 g/mol. The molecule has 0 fully saturated rings. The Hall–Kier alpha value is -0.870.